The van der Waals surface area contributed by atoms with Crippen molar-refractivity contribution in [3.8, 4) is 17.2 Å². The molecule has 0 radical (unpaired) electrons. The van der Waals surface area contributed by atoms with Gasteiger partial charge in [0.15, 0.2) is 17.5 Å². The van der Waals surface area contributed by atoms with Crippen molar-refractivity contribution in [3.05, 3.63) is 17.7 Å². The van der Waals surface area contributed by atoms with Gasteiger partial charge in [0.25, 0.3) is 0 Å². The van der Waals surface area contributed by atoms with Crippen LogP contribution in [-0.4, -0.2) is 53.1 Å². The van der Waals surface area contributed by atoms with E-state index < -0.39 is 0 Å². The van der Waals surface area contributed by atoms with Gasteiger partial charge in [-0.15, -0.1) is 24.0 Å². The third kappa shape index (κ3) is 7.89. The molecular formula is C23H40IN3O4. The number of nitrogens with zero attached hydrogens (tertiary/aromatic N) is 1. The van der Waals surface area contributed by atoms with Gasteiger partial charge in [-0.3, -0.25) is 0 Å². The number of benzene rings is 1. The minimum atomic E-state index is 0. The van der Waals surface area contributed by atoms with Gasteiger partial charge in [-0.05, 0) is 31.2 Å². The van der Waals surface area contributed by atoms with Crippen LogP contribution >= 0.6 is 24.0 Å². The summed E-state index contributed by atoms with van der Waals surface area (Å²) in [5.41, 5.74) is 1.05. The molecule has 1 aliphatic rings. The maximum absolute atomic E-state index is 6.11. The van der Waals surface area contributed by atoms with Crippen LogP contribution in [0.5, 0.6) is 17.2 Å². The SMILES string of the molecule is CCNC(=NCc1cc(OC)c(OC)cc1OC)NCC1CCCOC1C(C)(C)C.I. The highest BCUT2D eigenvalue weighted by molar-refractivity contribution is 14.0. The van der Waals surface area contributed by atoms with Crippen LogP contribution in [-0.2, 0) is 11.3 Å². The maximum atomic E-state index is 6.11. The average Bonchev–Trinajstić information content (AvgIpc) is 2.74. The molecule has 1 saturated heterocycles. The van der Waals surface area contributed by atoms with Crippen molar-refractivity contribution in [1.29, 1.82) is 0 Å². The third-order valence-corrected chi connectivity index (χ3v) is 5.37. The van der Waals surface area contributed by atoms with Crippen molar-refractivity contribution in [1.82, 2.24) is 10.6 Å². The largest absolute Gasteiger partial charge is 0.496 e. The van der Waals surface area contributed by atoms with Crippen molar-refractivity contribution >= 4 is 29.9 Å². The Labute approximate surface area is 204 Å². The molecule has 1 aliphatic heterocycles. The molecule has 0 spiro atoms. The normalized spacial score (nSPS) is 19.3. The van der Waals surface area contributed by atoms with Crippen LogP contribution in [0.25, 0.3) is 0 Å². The van der Waals surface area contributed by atoms with Crippen LogP contribution in [0, 0.1) is 11.3 Å². The fourth-order valence-electron chi connectivity index (χ4n) is 3.96. The third-order valence-electron chi connectivity index (χ3n) is 5.37. The molecular weight excluding hydrogens is 509 g/mol. The second-order valence-electron chi connectivity index (χ2n) is 8.65. The molecule has 0 aliphatic carbocycles. The molecule has 0 amide bonds. The number of guanidine groups is 1. The molecule has 31 heavy (non-hydrogen) atoms. The lowest BCUT2D eigenvalue weighted by Crippen LogP contribution is -2.47. The second kappa shape index (κ2) is 13.2. The first-order valence-corrected chi connectivity index (χ1v) is 10.8. The van der Waals surface area contributed by atoms with E-state index in [0.29, 0.717) is 24.0 Å². The van der Waals surface area contributed by atoms with Crippen LogP contribution in [0.3, 0.4) is 0 Å². The number of aliphatic imine (C=N–C) groups is 1. The van der Waals surface area contributed by atoms with Crippen LogP contribution in [0.4, 0.5) is 0 Å². The van der Waals surface area contributed by atoms with E-state index in [1.54, 1.807) is 21.3 Å². The van der Waals surface area contributed by atoms with E-state index in [9.17, 15) is 0 Å². The summed E-state index contributed by atoms with van der Waals surface area (Å²) in [6, 6.07) is 3.74. The highest BCUT2D eigenvalue weighted by atomic mass is 127. The lowest BCUT2D eigenvalue weighted by atomic mass is 9.78. The Morgan fingerprint density at radius 2 is 1.71 bits per heavy atom. The smallest absolute Gasteiger partial charge is 0.191 e. The molecule has 2 rings (SSSR count). The predicted molar refractivity (Wildman–Crippen MR) is 136 cm³/mol. The highest BCUT2D eigenvalue weighted by Gasteiger charge is 2.35. The minimum Gasteiger partial charge on any atom is -0.496 e. The summed E-state index contributed by atoms with van der Waals surface area (Å²) in [7, 11) is 4.89. The lowest BCUT2D eigenvalue weighted by Gasteiger charge is -2.40. The van der Waals surface area contributed by atoms with Gasteiger partial charge in [-0.25, -0.2) is 4.99 Å². The summed E-state index contributed by atoms with van der Waals surface area (Å²) in [4.78, 5) is 4.77. The number of rotatable bonds is 8. The highest BCUT2D eigenvalue weighted by Crippen LogP contribution is 2.35. The van der Waals surface area contributed by atoms with Gasteiger partial charge in [0.1, 0.15) is 5.75 Å². The molecule has 178 valence electrons. The van der Waals surface area contributed by atoms with E-state index in [1.807, 2.05) is 12.1 Å². The predicted octanol–water partition coefficient (Wildman–Crippen LogP) is 4.23. The van der Waals surface area contributed by atoms with Crippen molar-refractivity contribution in [2.75, 3.05) is 41.0 Å². The number of methoxy groups -OCH3 is 3. The Hall–Kier alpha value is -1.42. The second-order valence-corrected chi connectivity index (χ2v) is 8.65. The van der Waals surface area contributed by atoms with E-state index in [2.05, 4.69) is 38.3 Å². The molecule has 2 atom stereocenters. The zero-order valence-electron chi connectivity index (χ0n) is 20.0. The molecule has 0 saturated carbocycles. The van der Waals surface area contributed by atoms with Crippen molar-refractivity contribution in [2.45, 2.75) is 53.2 Å². The molecule has 0 bridgehead atoms. The Bertz CT molecular complexity index is 707. The van der Waals surface area contributed by atoms with Crippen molar-refractivity contribution in [2.24, 2.45) is 16.3 Å². The Kier molecular flexibility index (Phi) is 11.8. The van der Waals surface area contributed by atoms with Gasteiger partial charge in [-0.1, -0.05) is 20.8 Å². The lowest BCUT2D eigenvalue weighted by molar-refractivity contribution is -0.0835. The summed E-state index contributed by atoms with van der Waals surface area (Å²) in [6.45, 7) is 11.7. The number of nitrogens with one attached hydrogen (secondary N) is 2. The van der Waals surface area contributed by atoms with E-state index in [0.717, 1.165) is 49.8 Å². The summed E-state index contributed by atoms with van der Waals surface area (Å²) in [5, 5.41) is 6.85. The Balaban J connectivity index is 0.00000480. The standard InChI is InChI=1S/C23H39N3O4.HI/c1-8-24-22(25-14-16-10-9-11-30-21(16)23(2,3)4)26-15-17-12-19(28-6)20(29-7)13-18(17)27-5;/h12-13,16,21H,8-11,14-15H2,1-7H3,(H2,24,25,26);1H. The van der Waals surface area contributed by atoms with Gasteiger partial charge in [-0.2, -0.15) is 0 Å². The Morgan fingerprint density at radius 1 is 1.06 bits per heavy atom. The fraction of sp³-hybridized carbons (Fsp3) is 0.696. The summed E-state index contributed by atoms with van der Waals surface area (Å²) >= 11 is 0. The van der Waals surface area contributed by atoms with E-state index in [-0.39, 0.29) is 35.5 Å². The quantitative estimate of drug-likeness (QED) is 0.288. The summed E-state index contributed by atoms with van der Waals surface area (Å²) in [5.74, 6) is 3.26. The Morgan fingerprint density at radius 3 is 2.29 bits per heavy atom. The summed E-state index contributed by atoms with van der Waals surface area (Å²) < 4.78 is 22.4. The minimum absolute atomic E-state index is 0. The van der Waals surface area contributed by atoms with E-state index in [4.69, 9.17) is 23.9 Å². The van der Waals surface area contributed by atoms with Crippen molar-refractivity contribution in [3.63, 3.8) is 0 Å². The molecule has 7 nitrogen and oxygen atoms in total. The maximum Gasteiger partial charge on any atom is 0.191 e. The van der Waals surface area contributed by atoms with Gasteiger partial charge in [0.2, 0.25) is 0 Å². The first-order chi connectivity index (χ1) is 14.3. The molecule has 2 unspecified atom stereocenters. The molecule has 1 aromatic rings. The van der Waals surface area contributed by atoms with E-state index in [1.165, 1.54) is 0 Å². The molecule has 1 fully saturated rings. The monoisotopic (exact) mass is 549 g/mol. The fourth-order valence-corrected chi connectivity index (χ4v) is 3.96. The first-order valence-electron chi connectivity index (χ1n) is 10.8. The van der Waals surface area contributed by atoms with Gasteiger partial charge >= 0.3 is 0 Å². The summed E-state index contributed by atoms with van der Waals surface area (Å²) in [6.07, 6.45) is 2.51. The number of halogens is 1. The number of ether oxygens (including phenoxy) is 4. The zero-order valence-corrected chi connectivity index (χ0v) is 22.4. The van der Waals surface area contributed by atoms with Crippen LogP contribution in [0.2, 0.25) is 0 Å². The van der Waals surface area contributed by atoms with Gasteiger partial charge < -0.3 is 29.6 Å². The molecule has 2 N–H and O–H groups in total. The first kappa shape index (κ1) is 27.6. The van der Waals surface area contributed by atoms with Gasteiger partial charge in [0, 0.05) is 37.2 Å². The van der Waals surface area contributed by atoms with Crippen LogP contribution < -0.4 is 24.8 Å². The molecule has 0 aromatic heterocycles. The topological polar surface area (TPSA) is 73.3 Å². The molecule has 1 aromatic carbocycles. The van der Waals surface area contributed by atoms with E-state index >= 15 is 0 Å². The van der Waals surface area contributed by atoms with Gasteiger partial charge in [0.05, 0.1) is 34.0 Å². The number of hydrogen-bond donors (Lipinski definition) is 2. The molecule has 1 heterocycles. The zero-order chi connectivity index (χ0) is 22.1. The molecule has 8 heteroatoms. The van der Waals surface area contributed by atoms with Crippen molar-refractivity contribution < 1.29 is 18.9 Å². The average molecular weight is 549 g/mol. The van der Waals surface area contributed by atoms with Crippen LogP contribution in [0.1, 0.15) is 46.1 Å². The number of hydrogen-bond acceptors (Lipinski definition) is 5. The van der Waals surface area contributed by atoms with Crippen LogP contribution in [0.15, 0.2) is 17.1 Å².